The van der Waals surface area contributed by atoms with Gasteiger partial charge in [0, 0.05) is 5.02 Å². The molecule has 1 aliphatic heterocycles. The van der Waals surface area contributed by atoms with Gasteiger partial charge in [-0.3, -0.25) is 4.79 Å². The van der Waals surface area contributed by atoms with Crippen LogP contribution in [-0.2, 0) is 16.1 Å². The predicted octanol–water partition coefficient (Wildman–Crippen LogP) is 3.05. The summed E-state index contributed by atoms with van der Waals surface area (Å²) in [5.74, 6) is 0.0324. The zero-order valence-corrected chi connectivity index (χ0v) is 13.2. The van der Waals surface area contributed by atoms with Crippen LogP contribution in [0.2, 0.25) is 5.02 Å². The third kappa shape index (κ3) is 3.14. The number of benzene rings is 2. The second kappa shape index (κ2) is 6.30. The van der Waals surface area contributed by atoms with Crippen LogP contribution >= 0.6 is 11.6 Å². The largest absolute Gasteiger partial charge is 0.482 e. The smallest absolute Gasteiger partial charge is 0.337 e. The average molecular weight is 332 g/mol. The maximum Gasteiger partial charge on any atom is 0.337 e. The molecule has 0 radical (unpaired) electrons. The maximum atomic E-state index is 12.2. The normalized spacial score (nSPS) is 13.3. The molecule has 0 N–H and O–H groups in total. The summed E-state index contributed by atoms with van der Waals surface area (Å²) in [6, 6.07) is 12.1. The number of anilines is 1. The molecule has 5 nitrogen and oxygen atoms in total. The number of esters is 1. The minimum absolute atomic E-state index is 0.0225. The van der Waals surface area contributed by atoms with Gasteiger partial charge in [0.05, 0.1) is 24.9 Å². The van der Waals surface area contributed by atoms with Crippen molar-refractivity contribution in [1.29, 1.82) is 0 Å². The molecule has 0 aliphatic carbocycles. The Hall–Kier alpha value is -2.53. The highest BCUT2D eigenvalue weighted by atomic mass is 35.5. The number of amides is 1. The van der Waals surface area contributed by atoms with E-state index in [1.807, 2.05) is 6.07 Å². The van der Waals surface area contributed by atoms with Crippen LogP contribution in [0.1, 0.15) is 15.9 Å². The number of rotatable bonds is 3. The molecular weight excluding hydrogens is 318 g/mol. The van der Waals surface area contributed by atoms with Crippen LogP contribution in [0, 0.1) is 0 Å². The molecule has 0 fully saturated rings. The Balaban J connectivity index is 1.92. The highest BCUT2D eigenvalue weighted by Crippen LogP contribution is 2.35. The molecule has 2 aromatic carbocycles. The highest BCUT2D eigenvalue weighted by molar-refractivity contribution is 6.31. The van der Waals surface area contributed by atoms with Crippen LogP contribution in [0.15, 0.2) is 42.5 Å². The molecule has 0 spiro atoms. The number of ether oxygens (including phenoxy) is 2. The molecule has 0 saturated heterocycles. The molecule has 0 bridgehead atoms. The van der Waals surface area contributed by atoms with Gasteiger partial charge >= 0.3 is 5.97 Å². The van der Waals surface area contributed by atoms with Gasteiger partial charge in [0.1, 0.15) is 5.75 Å². The van der Waals surface area contributed by atoms with E-state index < -0.39 is 5.97 Å². The van der Waals surface area contributed by atoms with Gasteiger partial charge < -0.3 is 14.4 Å². The van der Waals surface area contributed by atoms with Crippen LogP contribution in [0.4, 0.5) is 5.69 Å². The van der Waals surface area contributed by atoms with E-state index in [-0.39, 0.29) is 12.5 Å². The van der Waals surface area contributed by atoms with Crippen molar-refractivity contribution in [1.82, 2.24) is 0 Å². The number of carbonyl (C=O) groups excluding carboxylic acids is 2. The molecule has 0 aromatic heterocycles. The fourth-order valence-corrected chi connectivity index (χ4v) is 2.61. The summed E-state index contributed by atoms with van der Waals surface area (Å²) in [6.07, 6.45) is 0. The number of carbonyl (C=O) groups is 2. The summed E-state index contributed by atoms with van der Waals surface area (Å²) >= 11 is 6.02. The zero-order chi connectivity index (χ0) is 16.4. The van der Waals surface area contributed by atoms with Gasteiger partial charge in [0.2, 0.25) is 0 Å². The third-order valence-corrected chi connectivity index (χ3v) is 3.79. The summed E-state index contributed by atoms with van der Waals surface area (Å²) in [5, 5.41) is 0.523. The van der Waals surface area contributed by atoms with E-state index in [9.17, 15) is 9.59 Å². The van der Waals surface area contributed by atoms with Crippen molar-refractivity contribution < 1.29 is 19.1 Å². The third-order valence-electron chi connectivity index (χ3n) is 3.55. The summed E-state index contributed by atoms with van der Waals surface area (Å²) in [7, 11) is 1.33. The summed E-state index contributed by atoms with van der Waals surface area (Å²) < 4.78 is 10.1. The van der Waals surface area contributed by atoms with Gasteiger partial charge in [-0.2, -0.15) is 0 Å². The highest BCUT2D eigenvalue weighted by Gasteiger charge is 2.26. The van der Waals surface area contributed by atoms with Gasteiger partial charge in [0.15, 0.2) is 6.61 Å². The first-order chi connectivity index (χ1) is 11.1. The van der Waals surface area contributed by atoms with E-state index >= 15 is 0 Å². The Kier molecular flexibility index (Phi) is 4.21. The molecular formula is C17H14ClNO4. The molecule has 2 aromatic rings. The fraction of sp³-hybridized carbons (Fsp3) is 0.176. The molecule has 6 heteroatoms. The van der Waals surface area contributed by atoms with E-state index in [0.29, 0.717) is 28.6 Å². The van der Waals surface area contributed by atoms with E-state index in [1.165, 1.54) is 7.11 Å². The van der Waals surface area contributed by atoms with Gasteiger partial charge in [-0.1, -0.05) is 23.7 Å². The van der Waals surface area contributed by atoms with Gasteiger partial charge in [0.25, 0.3) is 5.91 Å². The lowest BCUT2D eigenvalue weighted by Crippen LogP contribution is -2.38. The molecule has 0 saturated carbocycles. The molecule has 1 heterocycles. The van der Waals surface area contributed by atoms with E-state index in [4.69, 9.17) is 21.1 Å². The van der Waals surface area contributed by atoms with Gasteiger partial charge in [-0.15, -0.1) is 0 Å². The minimum Gasteiger partial charge on any atom is -0.482 e. The maximum absolute atomic E-state index is 12.2. The van der Waals surface area contributed by atoms with Crippen molar-refractivity contribution >= 4 is 29.2 Å². The molecule has 3 rings (SSSR count). The van der Waals surface area contributed by atoms with Crippen molar-refractivity contribution in [2.45, 2.75) is 6.54 Å². The second-order valence-electron chi connectivity index (χ2n) is 5.07. The monoisotopic (exact) mass is 331 g/mol. The summed E-state index contributed by atoms with van der Waals surface area (Å²) in [6.45, 7) is 0.297. The number of nitrogens with zero attached hydrogens (tertiary/aromatic N) is 1. The number of methoxy groups -OCH3 is 1. The van der Waals surface area contributed by atoms with Crippen LogP contribution < -0.4 is 9.64 Å². The fourth-order valence-electron chi connectivity index (χ4n) is 2.45. The van der Waals surface area contributed by atoms with E-state index in [1.54, 1.807) is 41.3 Å². The van der Waals surface area contributed by atoms with Crippen molar-refractivity contribution in [3.05, 3.63) is 58.6 Å². The Labute approximate surface area is 138 Å². The summed E-state index contributed by atoms with van der Waals surface area (Å²) in [4.78, 5) is 25.4. The van der Waals surface area contributed by atoms with Crippen LogP contribution in [0.5, 0.6) is 5.75 Å². The van der Waals surface area contributed by atoms with Crippen molar-refractivity contribution in [3.63, 3.8) is 0 Å². The van der Waals surface area contributed by atoms with Crippen LogP contribution in [-0.4, -0.2) is 25.6 Å². The number of fused-ring (bicyclic) bond motifs is 1. The number of hydrogen-bond acceptors (Lipinski definition) is 4. The molecule has 1 aliphatic rings. The Morgan fingerprint density at radius 3 is 2.91 bits per heavy atom. The molecule has 23 heavy (non-hydrogen) atoms. The quantitative estimate of drug-likeness (QED) is 0.811. The summed E-state index contributed by atoms with van der Waals surface area (Å²) in [5.41, 5.74) is 1.88. The minimum atomic E-state index is -0.413. The second-order valence-corrected chi connectivity index (χ2v) is 5.51. The van der Waals surface area contributed by atoms with E-state index in [2.05, 4.69) is 0 Å². The standard InChI is InChI=1S/C17H14ClNO4/c1-22-17(21)12-4-2-3-11(7-12)9-19-14-8-13(18)5-6-15(14)23-10-16(19)20/h2-8H,9-10H2,1H3. The van der Waals surface area contributed by atoms with Crippen molar-refractivity contribution in [2.75, 3.05) is 18.6 Å². The first kappa shape index (κ1) is 15.4. The van der Waals surface area contributed by atoms with Crippen LogP contribution in [0.25, 0.3) is 0 Å². The average Bonchev–Trinajstić information content (AvgIpc) is 2.57. The predicted molar refractivity (Wildman–Crippen MR) is 85.9 cm³/mol. The van der Waals surface area contributed by atoms with Gasteiger partial charge in [-0.25, -0.2) is 4.79 Å². The topological polar surface area (TPSA) is 55.8 Å². The zero-order valence-electron chi connectivity index (χ0n) is 12.4. The molecule has 118 valence electrons. The number of hydrogen-bond donors (Lipinski definition) is 0. The molecule has 0 unspecified atom stereocenters. The van der Waals surface area contributed by atoms with E-state index in [0.717, 1.165) is 5.56 Å². The Morgan fingerprint density at radius 2 is 2.13 bits per heavy atom. The van der Waals surface area contributed by atoms with Gasteiger partial charge in [-0.05, 0) is 35.9 Å². The first-order valence-electron chi connectivity index (χ1n) is 6.98. The lowest BCUT2D eigenvalue weighted by Gasteiger charge is -2.29. The van der Waals surface area contributed by atoms with Crippen molar-refractivity contribution in [2.24, 2.45) is 0 Å². The lowest BCUT2D eigenvalue weighted by molar-refractivity contribution is -0.121. The lowest BCUT2D eigenvalue weighted by atomic mass is 10.1. The van der Waals surface area contributed by atoms with Crippen LogP contribution in [0.3, 0.4) is 0 Å². The van der Waals surface area contributed by atoms with Crippen molar-refractivity contribution in [3.8, 4) is 5.75 Å². The number of halogens is 1. The Bertz CT molecular complexity index is 775. The molecule has 1 amide bonds. The Morgan fingerprint density at radius 1 is 1.30 bits per heavy atom. The SMILES string of the molecule is COC(=O)c1cccc(CN2C(=O)COc3ccc(Cl)cc32)c1. The first-order valence-corrected chi connectivity index (χ1v) is 7.36. The molecule has 0 atom stereocenters.